The Morgan fingerprint density at radius 1 is 1.32 bits per heavy atom. The number of carbonyl (C=O) groups excluding carboxylic acids is 1. The van der Waals surface area contributed by atoms with Gasteiger partial charge in [-0.1, -0.05) is 11.3 Å². The van der Waals surface area contributed by atoms with Gasteiger partial charge < -0.3 is 15.8 Å². The van der Waals surface area contributed by atoms with Crippen molar-refractivity contribution in [2.24, 2.45) is 0 Å². The predicted molar refractivity (Wildman–Crippen MR) is 84.9 cm³/mol. The molecule has 0 atom stereocenters. The van der Waals surface area contributed by atoms with E-state index in [2.05, 4.69) is 10.3 Å². The van der Waals surface area contributed by atoms with Crippen LogP contribution in [-0.2, 0) is 0 Å². The number of amides is 1. The van der Waals surface area contributed by atoms with E-state index in [-0.39, 0.29) is 11.7 Å². The van der Waals surface area contributed by atoms with Crippen molar-refractivity contribution >= 4 is 38.3 Å². The first-order valence-electron chi connectivity index (χ1n) is 6.38. The van der Waals surface area contributed by atoms with E-state index in [0.29, 0.717) is 27.6 Å². The molecule has 22 heavy (non-hydrogen) atoms. The molecule has 0 fully saturated rings. The van der Waals surface area contributed by atoms with Gasteiger partial charge in [-0.25, -0.2) is 9.37 Å². The Hall–Kier alpha value is -2.67. The summed E-state index contributed by atoms with van der Waals surface area (Å²) in [7, 11) is 1.52. The van der Waals surface area contributed by atoms with E-state index in [0.717, 1.165) is 4.70 Å². The van der Waals surface area contributed by atoms with Crippen molar-refractivity contribution in [1.29, 1.82) is 0 Å². The lowest BCUT2D eigenvalue weighted by Gasteiger charge is -2.08. The number of carbonyl (C=O) groups is 1. The zero-order chi connectivity index (χ0) is 15.7. The summed E-state index contributed by atoms with van der Waals surface area (Å²) in [6.07, 6.45) is 0. The number of halogens is 1. The lowest BCUT2D eigenvalue weighted by atomic mass is 10.2. The normalized spacial score (nSPS) is 10.6. The second-order valence-electron chi connectivity index (χ2n) is 4.54. The summed E-state index contributed by atoms with van der Waals surface area (Å²) < 4.78 is 19.0. The van der Waals surface area contributed by atoms with Crippen LogP contribution in [0.5, 0.6) is 5.75 Å². The van der Waals surface area contributed by atoms with E-state index in [4.69, 9.17) is 10.5 Å². The Morgan fingerprint density at radius 3 is 2.73 bits per heavy atom. The number of rotatable bonds is 3. The van der Waals surface area contributed by atoms with Crippen LogP contribution in [0.3, 0.4) is 0 Å². The van der Waals surface area contributed by atoms with E-state index < -0.39 is 0 Å². The Morgan fingerprint density at radius 2 is 2.05 bits per heavy atom. The van der Waals surface area contributed by atoms with E-state index in [9.17, 15) is 9.18 Å². The lowest BCUT2D eigenvalue weighted by Crippen LogP contribution is -2.11. The van der Waals surface area contributed by atoms with Crippen molar-refractivity contribution in [3.63, 3.8) is 0 Å². The Labute approximate surface area is 129 Å². The van der Waals surface area contributed by atoms with Gasteiger partial charge in [-0.2, -0.15) is 0 Å². The van der Waals surface area contributed by atoms with Gasteiger partial charge in [0, 0.05) is 17.3 Å². The summed E-state index contributed by atoms with van der Waals surface area (Å²) in [5, 5.41) is 3.18. The van der Waals surface area contributed by atoms with Crippen LogP contribution in [0.2, 0.25) is 0 Å². The monoisotopic (exact) mass is 317 g/mol. The fourth-order valence-electron chi connectivity index (χ4n) is 2.05. The fourth-order valence-corrected chi connectivity index (χ4v) is 2.84. The Bertz CT molecular complexity index is 846. The van der Waals surface area contributed by atoms with Crippen molar-refractivity contribution in [3.05, 3.63) is 47.8 Å². The zero-order valence-corrected chi connectivity index (χ0v) is 12.4. The number of aromatic nitrogens is 1. The molecule has 1 heterocycles. The fraction of sp³-hybridized carbons (Fsp3) is 0.0667. The largest absolute Gasteiger partial charge is 0.494 e. The maximum atomic E-state index is 12.9. The zero-order valence-electron chi connectivity index (χ0n) is 11.6. The number of benzene rings is 2. The van der Waals surface area contributed by atoms with Gasteiger partial charge in [0.1, 0.15) is 17.1 Å². The van der Waals surface area contributed by atoms with Gasteiger partial charge in [-0.3, -0.25) is 4.79 Å². The molecule has 112 valence electrons. The summed E-state index contributed by atoms with van der Waals surface area (Å²) in [4.78, 5) is 16.3. The molecule has 0 aliphatic rings. The molecule has 0 aliphatic carbocycles. The lowest BCUT2D eigenvalue weighted by molar-refractivity contribution is 0.102. The molecule has 0 bridgehead atoms. The van der Waals surface area contributed by atoms with Crippen LogP contribution in [0, 0.1) is 5.82 Å². The van der Waals surface area contributed by atoms with Crippen LogP contribution in [-0.4, -0.2) is 18.0 Å². The number of nitrogen functional groups attached to an aromatic ring is 1. The number of nitrogens with one attached hydrogen (secondary N) is 1. The highest BCUT2D eigenvalue weighted by Crippen LogP contribution is 2.34. The van der Waals surface area contributed by atoms with Crippen molar-refractivity contribution in [2.75, 3.05) is 18.2 Å². The van der Waals surface area contributed by atoms with Crippen LogP contribution in [0.1, 0.15) is 10.4 Å². The van der Waals surface area contributed by atoms with Crippen molar-refractivity contribution in [1.82, 2.24) is 4.98 Å². The molecule has 1 amide bonds. The smallest absolute Gasteiger partial charge is 0.255 e. The van der Waals surface area contributed by atoms with Gasteiger partial charge >= 0.3 is 0 Å². The highest BCUT2D eigenvalue weighted by Gasteiger charge is 2.12. The molecule has 0 aliphatic heterocycles. The van der Waals surface area contributed by atoms with E-state index in [1.807, 2.05) is 0 Å². The molecule has 1 aromatic heterocycles. The molecule has 3 aromatic rings. The maximum Gasteiger partial charge on any atom is 0.255 e. The first kappa shape index (κ1) is 14.3. The van der Waals surface area contributed by atoms with Gasteiger partial charge in [0.05, 0.1) is 11.8 Å². The maximum absolute atomic E-state index is 12.9. The van der Waals surface area contributed by atoms with E-state index >= 15 is 0 Å². The minimum atomic E-state index is -0.389. The molecular formula is C15H12FN3O2S. The molecule has 2 aromatic carbocycles. The highest BCUT2D eigenvalue weighted by molar-refractivity contribution is 7.22. The third kappa shape index (κ3) is 2.71. The van der Waals surface area contributed by atoms with Crippen LogP contribution in [0.25, 0.3) is 10.2 Å². The number of ether oxygens (including phenoxy) is 1. The topological polar surface area (TPSA) is 77.2 Å². The number of fused-ring (bicyclic) bond motifs is 1. The molecule has 0 saturated heterocycles. The minimum Gasteiger partial charge on any atom is -0.494 e. The Kier molecular flexibility index (Phi) is 3.64. The van der Waals surface area contributed by atoms with Crippen molar-refractivity contribution < 1.29 is 13.9 Å². The first-order chi connectivity index (χ1) is 10.6. The molecule has 5 nitrogen and oxygen atoms in total. The summed E-state index contributed by atoms with van der Waals surface area (Å²) in [6, 6.07) is 8.76. The summed E-state index contributed by atoms with van der Waals surface area (Å²) in [6.45, 7) is 0. The quantitative estimate of drug-likeness (QED) is 0.777. The number of hydrogen-bond donors (Lipinski definition) is 2. The standard InChI is InChI=1S/C15H12FN3O2S/c1-21-11-6-10(7-12-13(11)19-15(17)22-12)18-14(20)8-2-4-9(16)5-3-8/h2-7H,1H3,(H2,17,19)(H,18,20). The first-order valence-corrected chi connectivity index (χ1v) is 7.19. The van der Waals surface area contributed by atoms with Crippen LogP contribution >= 0.6 is 11.3 Å². The molecule has 0 radical (unpaired) electrons. The molecule has 3 rings (SSSR count). The molecule has 3 N–H and O–H groups in total. The average molecular weight is 317 g/mol. The Balaban J connectivity index is 1.93. The van der Waals surface area contributed by atoms with Crippen molar-refractivity contribution in [3.8, 4) is 5.75 Å². The number of thiazole rings is 1. The molecule has 7 heteroatoms. The van der Waals surface area contributed by atoms with Crippen LogP contribution in [0.4, 0.5) is 15.2 Å². The SMILES string of the molecule is COc1cc(NC(=O)c2ccc(F)cc2)cc2sc(N)nc12. The molecule has 0 saturated carbocycles. The number of nitrogens with two attached hydrogens (primary N) is 1. The number of methoxy groups -OCH3 is 1. The van der Waals surface area contributed by atoms with Gasteiger partial charge in [-0.05, 0) is 30.3 Å². The van der Waals surface area contributed by atoms with Crippen molar-refractivity contribution in [2.45, 2.75) is 0 Å². The second kappa shape index (κ2) is 5.61. The van der Waals surface area contributed by atoms with Gasteiger partial charge in [0.25, 0.3) is 5.91 Å². The number of nitrogens with zero attached hydrogens (tertiary/aromatic N) is 1. The molecule has 0 spiro atoms. The number of anilines is 2. The summed E-state index contributed by atoms with van der Waals surface area (Å²) in [5.74, 6) is -0.196. The highest BCUT2D eigenvalue weighted by atomic mass is 32.1. The van der Waals surface area contributed by atoms with Gasteiger partial charge in [-0.15, -0.1) is 0 Å². The van der Waals surface area contributed by atoms with Crippen LogP contribution in [0.15, 0.2) is 36.4 Å². The summed E-state index contributed by atoms with van der Waals surface area (Å²) in [5.41, 5.74) is 7.28. The minimum absolute atomic E-state index is 0.334. The van der Waals surface area contributed by atoms with Gasteiger partial charge in [0.2, 0.25) is 0 Å². The van der Waals surface area contributed by atoms with Crippen LogP contribution < -0.4 is 15.8 Å². The average Bonchev–Trinajstić information content (AvgIpc) is 2.87. The third-order valence-corrected chi connectivity index (χ3v) is 3.89. The molecule has 0 unspecified atom stereocenters. The van der Waals surface area contributed by atoms with E-state index in [1.54, 1.807) is 12.1 Å². The van der Waals surface area contributed by atoms with E-state index in [1.165, 1.54) is 42.7 Å². The summed E-state index contributed by atoms with van der Waals surface area (Å²) >= 11 is 1.31. The second-order valence-corrected chi connectivity index (χ2v) is 5.60. The molecular weight excluding hydrogens is 305 g/mol. The third-order valence-electron chi connectivity index (χ3n) is 3.06. The number of hydrogen-bond acceptors (Lipinski definition) is 5. The predicted octanol–water partition coefficient (Wildman–Crippen LogP) is 3.28. The van der Waals surface area contributed by atoms with Gasteiger partial charge in [0.15, 0.2) is 5.13 Å².